The first-order valence-corrected chi connectivity index (χ1v) is 7.59. The predicted octanol–water partition coefficient (Wildman–Crippen LogP) is 4.49. The van der Waals surface area contributed by atoms with Gasteiger partial charge in [0.1, 0.15) is 0 Å². The third-order valence-corrected chi connectivity index (χ3v) is 4.56. The summed E-state index contributed by atoms with van der Waals surface area (Å²) in [4.78, 5) is 12.8. The highest BCUT2D eigenvalue weighted by molar-refractivity contribution is 6.42. The molecule has 19 heavy (non-hydrogen) atoms. The van der Waals surface area contributed by atoms with Gasteiger partial charge in [-0.1, -0.05) is 43.0 Å². The second-order valence-corrected chi connectivity index (χ2v) is 5.99. The summed E-state index contributed by atoms with van der Waals surface area (Å²) in [5.41, 5.74) is 0.257. The van der Waals surface area contributed by atoms with Crippen LogP contribution in [-0.4, -0.2) is 17.9 Å². The fourth-order valence-electron chi connectivity index (χ4n) is 2.72. The molecule has 1 aliphatic heterocycles. The number of ketones is 1. The largest absolute Gasteiger partial charge is 0.305 e. The van der Waals surface area contributed by atoms with Crippen molar-refractivity contribution in [2.24, 2.45) is 0 Å². The van der Waals surface area contributed by atoms with Gasteiger partial charge in [-0.3, -0.25) is 4.79 Å². The number of halogens is 2. The van der Waals surface area contributed by atoms with Crippen molar-refractivity contribution in [2.45, 2.75) is 44.6 Å². The van der Waals surface area contributed by atoms with Gasteiger partial charge < -0.3 is 5.32 Å². The molecule has 1 aromatic rings. The fraction of sp³-hybridized carbons (Fsp3) is 0.533. The van der Waals surface area contributed by atoms with Crippen molar-refractivity contribution in [3.8, 4) is 0 Å². The van der Waals surface area contributed by atoms with Crippen LogP contribution < -0.4 is 5.32 Å². The van der Waals surface area contributed by atoms with Crippen LogP contribution in [0.5, 0.6) is 0 Å². The summed E-state index contributed by atoms with van der Waals surface area (Å²) in [6.45, 7) is 3.06. The maximum atomic E-state index is 12.8. The highest BCUT2D eigenvalue weighted by atomic mass is 35.5. The van der Waals surface area contributed by atoms with Crippen molar-refractivity contribution in [3.63, 3.8) is 0 Å². The first-order valence-electron chi connectivity index (χ1n) is 6.84. The minimum absolute atomic E-state index is 0.150. The van der Waals surface area contributed by atoms with Gasteiger partial charge in [0.25, 0.3) is 0 Å². The van der Waals surface area contributed by atoms with E-state index >= 15 is 0 Å². The van der Waals surface area contributed by atoms with Gasteiger partial charge in [0, 0.05) is 5.56 Å². The summed E-state index contributed by atoms with van der Waals surface area (Å²) in [7, 11) is 0. The number of carbonyl (C=O) groups is 1. The van der Waals surface area contributed by atoms with E-state index in [0.717, 1.165) is 38.6 Å². The topological polar surface area (TPSA) is 29.1 Å². The molecule has 1 atom stereocenters. The second kappa shape index (κ2) is 6.25. The third kappa shape index (κ3) is 3.13. The summed E-state index contributed by atoms with van der Waals surface area (Å²) >= 11 is 11.9. The van der Waals surface area contributed by atoms with E-state index in [1.807, 2.05) is 0 Å². The number of carbonyl (C=O) groups excluding carboxylic acids is 1. The van der Waals surface area contributed by atoms with Crippen molar-refractivity contribution in [1.29, 1.82) is 0 Å². The number of unbranched alkanes of at least 4 members (excludes halogenated alkanes) is 1. The zero-order chi connectivity index (χ0) is 13.9. The smallest absolute Gasteiger partial charge is 0.182 e. The number of nitrogens with one attached hydrogen (secondary N) is 1. The van der Waals surface area contributed by atoms with Crippen molar-refractivity contribution in [1.82, 2.24) is 5.32 Å². The Morgan fingerprint density at radius 3 is 2.74 bits per heavy atom. The molecule has 1 N–H and O–H groups in total. The van der Waals surface area contributed by atoms with Gasteiger partial charge in [0.2, 0.25) is 0 Å². The molecule has 1 aliphatic rings. The van der Waals surface area contributed by atoms with E-state index in [-0.39, 0.29) is 5.78 Å². The molecule has 1 saturated heterocycles. The average molecular weight is 300 g/mol. The van der Waals surface area contributed by atoms with Crippen LogP contribution in [0.4, 0.5) is 0 Å². The van der Waals surface area contributed by atoms with E-state index in [9.17, 15) is 4.79 Å². The Morgan fingerprint density at radius 1 is 1.37 bits per heavy atom. The summed E-state index contributed by atoms with van der Waals surface area (Å²) in [5, 5.41) is 4.34. The summed E-state index contributed by atoms with van der Waals surface area (Å²) in [6.07, 6.45) is 5.00. The monoisotopic (exact) mass is 299 g/mol. The van der Waals surface area contributed by atoms with Crippen molar-refractivity contribution in [3.05, 3.63) is 33.8 Å². The molecule has 1 unspecified atom stereocenters. The van der Waals surface area contributed by atoms with Gasteiger partial charge in [-0.25, -0.2) is 0 Å². The quantitative estimate of drug-likeness (QED) is 0.812. The SMILES string of the molecule is CCCCC1(C(=O)c2ccc(Cl)c(Cl)c2)CCCN1. The Balaban J connectivity index is 2.26. The lowest BCUT2D eigenvalue weighted by Gasteiger charge is -2.28. The molecular weight excluding hydrogens is 281 g/mol. The highest BCUT2D eigenvalue weighted by Crippen LogP contribution is 2.31. The number of Topliss-reactive ketones (excluding diaryl/α,β-unsaturated/α-hetero) is 1. The Kier molecular flexibility index (Phi) is 4.88. The maximum Gasteiger partial charge on any atom is 0.182 e. The molecule has 1 fully saturated rings. The van der Waals surface area contributed by atoms with Crippen LogP contribution in [0.15, 0.2) is 18.2 Å². The second-order valence-electron chi connectivity index (χ2n) is 5.17. The normalized spacial score (nSPS) is 22.7. The summed E-state index contributed by atoms with van der Waals surface area (Å²) in [5.74, 6) is 0.150. The van der Waals surface area contributed by atoms with Gasteiger partial charge in [0.15, 0.2) is 5.78 Å². The van der Waals surface area contributed by atoms with Crippen molar-refractivity contribution in [2.75, 3.05) is 6.54 Å². The van der Waals surface area contributed by atoms with Crippen LogP contribution in [0, 0.1) is 0 Å². The van der Waals surface area contributed by atoms with E-state index in [4.69, 9.17) is 23.2 Å². The molecule has 0 amide bonds. The minimum Gasteiger partial charge on any atom is -0.305 e. The molecule has 2 nitrogen and oxygen atoms in total. The third-order valence-electron chi connectivity index (χ3n) is 3.82. The van der Waals surface area contributed by atoms with Crippen LogP contribution in [0.1, 0.15) is 49.4 Å². The zero-order valence-corrected chi connectivity index (χ0v) is 12.7. The number of hydrogen-bond donors (Lipinski definition) is 1. The molecule has 0 saturated carbocycles. The molecule has 104 valence electrons. The summed E-state index contributed by atoms with van der Waals surface area (Å²) in [6, 6.07) is 5.14. The molecule has 1 heterocycles. The van der Waals surface area contributed by atoms with E-state index < -0.39 is 5.54 Å². The lowest BCUT2D eigenvalue weighted by atomic mass is 9.83. The lowest BCUT2D eigenvalue weighted by Crippen LogP contribution is -2.47. The molecule has 0 aromatic heterocycles. The van der Waals surface area contributed by atoms with Crippen molar-refractivity contribution >= 4 is 29.0 Å². The Labute approximate surface area is 124 Å². The Hall–Kier alpha value is -0.570. The van der Waals surface area contributed by atoms with Gasteiger partial charge in [-0.05, 0) is 44.0 Å². The molecule has 0 spiro atoms. The standard InChI is InChI=1S/C15H19Cl2NO/c1-2-3-7-15(8-4-9-18-15)14(19)11-5-6-12(16)13(17)10-11/h5-6,10,18H,2-4,7-9H2,1H3. The Morgan fingerprint density at radius 2 is 2.16 bits per heavy atom. The van der Waals surface area contributed by atoms with Crippen LogP contribution in [0.2, 0.25) is 10.0 Å². The first kappa shape index (κ1) is 14.8. The lowest BCUT2D eigenvalue weighted by molar-refractivity contribution is 0.0856. The van der Waals surface area contributed by atoms with E-state index in [1.165, 1.54) is 0 Å². The number of benzene rings is 1. The van der Waals surface area contributed by atoms with Gasteiger partial charge in [-0.15, -0.1) is 0 Å². The van der Waals surface area contributed by atoms with Crippen LogP contribution in [-0.2, 0) is 0 Å². The molecule has 1 aromatic carbocycles. The van der Waals surface area contributed by atoms with Crippen LogP contribution in [0.25, 0.3) is 0 Å². The number of hydrogen-bond acceptors (Lipinski definition) is 2. The van der Waals surface area contributed by atoms with E-state index in [2.05, 4.69) is 12.2 Å². The van der Waals surface area contributed by atoms with Gasteiger partial charge >= 0.3 is 0 Å². The minimum atomic E-state index is -0.396. The van der Waals surface area contributed by atoms with Crippen LogP contribution in [0.3, 0.4) is 0 Å². The molecule has 4 heteroatoms. The molecule has 0 bridgehead atoms. The highest BCUT2D eigenvalue weighted by Gasteiger charge is 2.40. The number of rotatable bonds is 5. The molecule has 2 rings (SSSR count). The van der Waals surface area contributed by atoms with E-state index in [1.54, 1.807) is 18.2 Å². The van der Waals surface area contributed by atoms with Crippen LogP contribution >= 0.6 is 23.2 Å². The first-order chi connectivity index (χ1) is 9.09. The average Bonchev–Trinajstić information content (AvgIpc) is 2.89. The summed E-state index contributed by atoms with van der Waals surface area (Å²) < 4.78 is 0. The van der Waals surface area contributed by atoms with E-state index in [0.29, 0.717) is 15.6 Å². The van der Waals surface area contributed by atoms with Crippen molar-refractivity contribution < 1.29 is 4.79 Å². The van der Waals surface area contributed by atoms with Gasteiger partial charge in [0.05, 0.1) is 15.6 Å². The zero-order valence-electron chi connectivity index (χ0n) is 11.1. The van der Waals surface area contributed by atoms with Gasteiger partial charge in [-0.2, -0.15) is 0 Å². The Bertz CT molecular complexity index is 467. The fourth-order valence-corrected chi connectivity index (χ4v) is 3.02. The molecule has 0 radical (unpaired) electrons. The molecular formula is C15H19Cl2NO. The maximum absolute atomic E-state index is 12.8. The molecule has 0 aliphatic carbocycles. The predicted molar refractivity (Wildman–Crippen MR) is 80.3 cm³/mol.